The monoisotopic (exact) mass is 398 g/mol. The molecule has 3 aliphatic rings. The maximum absolute atomic E-state index is 13.0. The number of aryl methyl sites for hydroxylation is 1. The molecule has 1 aliphatic heterocycles. The molecule has 2 aliphatic carbocycles. The Bertz CT molecular complexity index is 779. The molecule has 1 aromatic heterocycles. The molecule has 8 heteroatoms. The van der Waals surface area contributed by atoms with E-state index >= 15 is 0 Å². The average molecular weight is 398 g/mol. The summed E-state index contributed by atoms with van der Waals surface area (Å²) >= 11 is 0. The van der Waals surface area contributed by atoms with E-state index in [-0.39, 0.29) is 34.8 Å². The van der Waals surface area contributed by atoms with Gasteiger partial charge in [-0.15, -0.1) is 0 Å². The van der Waals surface area contributed by atoms with Crippen LogP contribution >= 0.6 is 0 Å². The summed E-state index contributed by atoms with van der Waals surface area (Å²) in [6, 6.07) is 2.86. The fourth-order valence-corrected chi connectivity index (χ4v) is 4.93. The first-order chi connectivity index (χ1) is 13.0. The normalized spacial score (nSPS) is 31.4. The van der Waals surface area contributed by atoms with E-state index in [2.05, 4.69) is 4.98 Å². The summed E-state index contributed by atoms with van der Waals surface area (Å²) < 4.78 is 44.8. The molecule has 3 fully saturated rings. The van der Waals surface area contributed by atoms with Crippen LogP contribution in [0.3, 0.4) is 0 Å². The van der Waals surface area contributed by atoms with E-state index < -0.39 is 17.5 Å². The Kier molecular flexibility index (Phi) is 4.41. The van der Waals surface area contributed by atoms with Gasteiger partial charge in [-0.2, -0.15) is 13.2 Å². The van der Waals surface area contributed by atoms with Crippen LogP contribution in [0.1, 0.15) is 50.3 Å². The van der Waals surface area contributed by atoms with E-state index in [1.807, 2.05) is 4.90 Å². The average Bonchev–Trinajstić information content (AvgIpc) is 2.95. The third-order valence-electron chi connectivity index (χ3n) is 6.37. The summed E-state index contributed by atoms with van der Waals surface area (Å²) in [6.07, 6.45) is -1.29. The van der Waals surface area contributed by atoms with Gasteiger partial charge >= 0.3 is 6.18 Å². The minimum Gasteiger partial charge on any atom is -0.474 e. The number of carbonyl (C=O) groups excluding carboxylic acids is 1. The summed E-state index contributed by atoms with van der Waals surface area (Å²) in [5, 5.41) is 9.81. The van der Waals surface area contributed by atoms with E-state index in [0.29, 0.717) is 25.9 Å². The van der Waals surface area contributed by atoms with Gasteiger partial charge in [0.05, 0.1) is 5.60 Å². The van der Waals surface area contributed by atoms with Crippen LogP contribution < -0.4 is 4.74 Å². The van der Waals surface area contributed by atoms with Gasteiger partial charge in [-0.1, -0.05) is 6.07 Å². The van der Waals surface area contributed by atoms with E-state index in [9.17, 15) is 23.1 Å². The van der Waals surface area contributed by atoms with Gasteiger partial charge in [-0.05, 0) is 51.5 Å². The second kappa shape index (κ2) is 6.34. The second-order valence-electron chi connectivity index (χ2n) is 9.09. The van der Waals surface area contributed by atoms with E-state index in [0.717, 1.165) is 19.3 Å². The molecule has 1 aromatic rings. The van der Waals surface area contributed by atoms with Crippen molar-refractivity contribution in [3.63, 3.8) is 0 Å². The van der Waals surface area contributed by atoms with E-state index in [1.54, 1.807) is 6.92 Å². The van der Waals surface area contributed by atoms with Gasteiger partial charge in [0.25, 0.3) is 0 Å². The lowest BCUT2D eigenvalue weighted by Gasteiger charge is -2.51. The van der Waals surface area contributed by atoms with Crippen LogP contribution in [-0.4, -0.2) is 45.7 Å². The molecule has 0 aromatic carbocycles. The zero-order valence-electron chi connectivity index (χ0n) is 16.1. The number of pyridine rings is 1. The van der Waals surface area contributed by atoms with Crippen molar-refractivity contribution in [2.75, 3.05) is 13.1 Å². The van der Waals surface area contributed by atoms with Crippen molar-refractivity contribution in [3.8, 4) is 5.88 Å². The number of alkyl halides is 3. The first kappa shape index (κ1) is 19.5. The van der Waals surface area contributed by atoms with Gasteiger partial charge in [-0.3, -0.25) is 4.79 Å². The Morgan fingerprint density at radius 3 is 2.57 bits per heavy atom. The summed E-state index contributed by atoms with van der Waals surface area (Å²) in [4.78, 5) is 17.9. The minimum atomic E-state index is -4.50. The number of nitrogens with zero attached hydrogens (tertiary/aromatic N) is 2. The molecule has 5 nitrogen and oxygen atoms in total. The smallest absolute Gasteiger partial charge is 0.433 e. The van der Waals surface area contributed by atoms with Crippen molar-refractivity contribution in [1.29, 1.82) is 0 Å². The first-order valence-corrected chi connectivity index (χ1v) is 9.69. The van der Waals surface area contributed by atoms with E-state index in [4.69, 9.17) is 4.74 Å². The third-order valence-corrected chi connectivity index (χ3v) is 6.37. The number of halogens is 3. The highest BCUT2D eigenvalue weighted by Gasteiger charge is 2.53. The molecule has 0 bridgehead atoms. The summed E-state index contributed by atoms with van der Waals surface area (Å²) in [5.41, 5.74) is -1.55. The highest BCUT2D eigenvalue weighted by atomic mass is 19.4. The van der Waals surface area contributed by atoms with Crippen LogP contribution in [0, 0.1) is 18.3 Å². The highest BCUT2D eigenvalue weighted by molar-refractivity contribution is 5.81. The fraction of sp³-hybridized carbons (Fsp3) is 0.700. The fourth-order valence-electron chi connectivity index (χ4n) is 4.93. The SMILES string of the molecule is Cc1ccc(OC2CCC3(C2)CN(C(=O)[C@H]2C[C@@](C)(O)C2)C3)nc1C(F)(F)F. The Hall–Kier alpha value is -1.83. The zero-order valence-corrected chi connectivity index (χ0v) is 16.1. The van der Waals surface area contributed by atoms with Crippen LogP contribution in [0.5, 0.6) is 5.88 Å². The van der Waals surface area contributed by atoms with Crippen LogP contribution in [0.15, 0.2) is 12.1 Å². The molecule has 2 saturated carbocycles. The van der Waals surface area contributed by atoms with Gasteiger partial charge < -0.3 is 14.7 Å². The Morgan fingerprint density at radius 1 is 1.29 bits per heavy atom. The molecular weight excluding hydrogens is 373 g/mol. The molecule has 1 unspecified atom stereocenters. The number of hydrogen-bond donors (Lipinski definition) is 1. The Balaban J connectivity index is 1.32. The lowest BCUT2D eigenvalue weighted by atomic mass is 9.70. The predicted octanol–water partition coefficient (Wildman–Crippen LogP) is 3.33. The molecule has 1 saturated heterocycles. The largest absolute Gasteiger partial charge is 0.474 e. The molecule has 4 rings (SSSR count). The van der Waals surface area contributed by atoms with Crippen LogP contribution in [0.2, 0.25) is 0 Å². The zero-order chi connectivity index (χ0) is 20.3. The van der Waals surface area contributed by atoms with Crippen LogP contribution in [0.4, 0.5) is 13.2 Å². The topological polar surface area (TPSA) is 62.7 Å². The van der Waals surface area contributed by atoms with Crippen molar-refractivity contribution < 1.29 is 27.8 Å². The summed E-state index contributed by atoms with van der Waals surface area (Å²) in [7, 11) is 0. The summed E-state index contributed by atoms with van der Waals surface area (Å²) in [6.45, 7) is 4.46. The van der Waals surface area contributed by atoms with Gasteiger partial charge in [0.1, 0.15) is 6.10 Å². The number of ether oxygens (including phenoxy) is 1. The second-order valence-corrected chi connectivity index (χ2v) is 9.09. The number of hydrogen-bond acceptors (Lipinski definition) is 4. The van der Waals surface area contributed by atoms with Crippen molar-refractivity contribution in [2.45, 2.75) is 63.8 Å². The number of aromatic nitrogens is 1. The standard InChI is InChI=1S/C20H25F3N2O3/c1-12-3-4-15(24-16(12)20(21,22)23)28-14-5-6-19(9-14)10-25(11-19)17(26)13-7-18(2,27)8-13/h3-4,13-14,27H,5-11H2,1-2H3/t13-,14?,18+. The Morgan fingerprint density at radius 2 is 1.96 bits per heavy atom. The molecule has 0 radical (unpaired) electrons. The minimum absolute atomic E-state index is 0.00364. The van der Waals surface area contributed by atoms with Crippen molar-refractivity contribution in [3.05, 3.63) is 23.4 Å². The molecular formula is C20H25F3N2O3. The maximum Gasteiger partial charge on any atom is 0.433 e. The quantitative estimate of drug-likeness (QED) is 0.849. The molecule has 1 N–H and O–H groups in total. The van der Waals surface area contributed by atoms with Crippen molar-refractivity contribution >= 4 is 5.91 Å². The number of aliphatic hydroxyl groups is 1. The highest BCUT2D eigenvalue weighted by Crippen LogP contribution is 2.48. The first-order valence-electron chi connectivity index (χ1n) is 9.69. The molecule has 28 heavy (non-hydrogen) atoms. The predicted molar refractivity (Wildman–Crippen MR) is 94.6 cm³/mol. The maximum atomic E-state index is 13.0. The van der Waals surface area contributed by atoms with Gasteiger partial charge in [0, 0.05) is 30.5 Å². The van der Waals surface area contributed by atoms with Crippen molar-refractivity contribution in [2.24, 2.45) is 11.3 Å². The van der Waals surface area contributed by atoms with Gasteiger partial charge in [-0.25, -0.2) is 4.98 Å². The van der Waals surface area contributed by atoms with Gasteiger partial charge in [0.2, 0.25) is 11.8 Å². The van der Waals surface area contributed by atoms with Crippen molar-refractivity contribution in [1.82, 2.24) is 9.88 Å². The van der Waals surface area contributed by atoms with Gasteiger partial charge in [0.15, 0.2) is 5.69 Å². The van der Waals surface area contributed by atoms with Crippen LogP contribution in [0.25, 0.3) is 0 Å². The molecule has 1 atom stereocenters. The van der Waals surface area contributed by atoms with Crippen LogP contribution in [-0.2, 0) is 11.0 Å². The molecule has 2 heterocycles. The number of rotatable bonds is 3. The number of likely N-dealkylation sites (tertiary alicyclic amines) is 1. The number of carbonyl (C=O) groups is 1. The molecule has 1 spiro atoms. The lowest BCUT2D eigenvalue weighted by Crippen LogP contribution is -2.61. The Labute approximate surface area is 161 Å². The number of amides is 1. The lowest BCUT2D eigenvalue weighted by molar-refractivity contribution is -0.161. The molecule has 154 valence electrons. The van der Waals surface area contributed by atoms with E-state index in [1.165, 1.54) is 19.1 Å². The summed E-state index contributed by atoms with van der Waals surface area (Å²) in [5.74, 6) is 0.0267. The third kappa shape index (κ3) is 3.58. The molecule has 1 amide bonds.